The van der Waals surface area contributed by atoms with Gasteiger partial charge in [0.2, 0.25) is 0 Å². The van der Waals surface area contributed by atoms with Gasteiger partial charge in [0.15, 0.2) is 0 Å². The molecule has 2 nitrogen and oxygen atoms in total. The molecule has 1 saturated carbocycles. The van der Waals surface area contributed by atoms with Crippen molar-refractivity contribution in [1.82, 2.24) is 0 Å². The fourth-order valence-corrected chi connectivity index (χ4v) is 2.91. The Kier molecular flexibility index (Phi) is 13.9. The van der Waals surface area contributed by atoms with E-state index in [1.54, 1.807) is 0 Å². The zero-order valence-electron chi connectivity index (χ0n) is 16.1. The van der Waals surface area contributed by atoms with Crippen LogP contribution < -0.4 is 0 Å². The molecule has 0 aliphatic heterocycles. The number of carbonyl (C=O) groups is 1. The van der Waals surface area contributed by atoms with Crippen LogP contribution in [0.1, 0.15) is 110 Å². The summed E-state index contributed by atoms with van der Waals surface area (Å²) in [7, 11) is 0. The van der Waals surface area contributed by atoms with E-state index >= 15 is 0 Å². The van der Waals surface area contributed by atoms with E-state index in [4.69, 9.17) is 4.74 Å². The Labute approximate surface area is 150 Å². The molecule has 1 aliphatic rings. The average Bonchev–Trinajstić information content (AvgIpc) is 3.41. The summed E-state index contributed by atoms with van der Waals surface area (Å²) in [6.07, 6.45) is 24.6. The second-order valence-corrected chi connectivity index (χ2v) is 7.46. The van der Waals surface area contributed by atoms with Crippen LogP contribution >= 0.6 is 0 Å². The molecule has 0 amide bonds. The van der Waals surface area contributed by atoms with Gasteiger partial charge in [0, 0.05) is 6.42 Å². The van der Waals surface area contributed by atoms with Gasteiger partial charge < -0.3 is 4.74 Å². The number of carbonyl (C=O) groups excluding carboxylic acids is 1. The summed E-state index contributed by atoms with van der Waals surface area (Å²) in [4.78, 5) is 11.5. The van der Waals surface area contributed by atoms with E-state index in [1.807, 2.05) is 0 Å². The molecule has 1 rings (SSSR count). The van der Waals surface area contributed by atoms with Gasteiger partial charge in [-0.2, -0.15) is 0 Å². The van der Waals surface area contributed by atoms with Crippen molar-refractivity contribution in [3.05, 3.63) is 12.2 Å². The van der Waals surface area contributed by atoms with Crippen molar-refractivity contribution in [3.8, 4) is 0 Å². The van der Waals surface area contributed by atoms with Gasteiger partial charge in [-0.3, -0.25) is 4.79 Å². The number of esters is 1. The monoisotopic (exact) mass is 336 g/mol. The molecule has 24 heavy (non-hydrogen) atoms. The van der Waals surface area contributed by atoms with Crippen molar-refractivity contribution in [3.63, 3.8) is 0 Å². The van der Waals surface area contributed by atoms with Crippen LogP contribution in [-0.2, 0) is 9.53 Å². The van der Waals surface area contributed by atoms with Crippen LogP contribution in [0, 0.1) is 5.92 Å². The Bertz CT molecular complexity index is 318. The van der Waals surface area contributed by atoms with Crippen LogP contribution in [0.25, 0.3) is 0 Å². The molecule has 0 saturated heterocycles. The van der Waals surface area contributed by atoms with Crippen LogP contribution in [0.3, 0.4) is 0 Å². The maximum Gasteiger partial charge on any atom is 0.305 e. The Morgan fingerprint density at radius 2 is 1.38 bits per heavy atom. The van der Waals surface area contributed by atoms with Crippen LogP contribution in [0.5, 0.6) is 0 Å². The lowest BCUT2D eigenvalue weighted by molar-refractivity contribution is -0.144. The van der Waals surface area contributed by atoms with E-state index in [1.165, 1.54) is 89.9 Å². The summed E-state index contributed by atoms with van der Waals surface area (Å²) in [5, 5.41) is 0. The Hall–Kier alpha value is -0.790. The highest BCUT2D eigenvalue weighted by Gasteiger charge is 2.22. The second kappa shape index (κ2) is 15.7. The first-order chi connectivity index (χ1) is 11.8. The molecule has 0 N–H and O–H groups in total. The number of hydrogen-bond acceptors (Lipinski definition) is 2. The largest absolute Gasteiger partial charge is 0.465 e. The molecule has 0 atom stereocenters. The standard InChI is InChI=1S/C22H40O2/c1-2-3-4-5-6-7-8-9-10-11-12-13-14-15-16-17-22(23)24-20-21-18-19-21/h9-10,21H,2-8,11-20H2,1H3/b10-9-. The lowest BCUT2D eigenvalue weighted by atomic mass is 10.1. The molecule has 2 heteroatoms. The number of hydrogen-bond donors (Lipinski definition) is 0. The Morgan fingerprint density at radius 3 is 1.96 bits per heavy atom. The minimum absolute atomic E-state index is 0.0135. The van der Waals surface area contributed by atoms with E-state index in [9.17, 15) is 4.79 Å². The van der Waals surface area contributed by atoms with Crippen molar-refractivity contribution in [2.24, 2.45) is 5.92 Å². The topological polar surface area (TPSA) is 26.3 Å². The fourth-order valence-electron chi connectivity index (χ4n) is 2.91. The third-order valence-electron chi connectivity index (χ3n) is 4.82. The van der Waals surface area contributed by atoms with Gasteiger partial charge in [-0.15, -0.1) is 0 Å². The third-order valence-corrected chi connectivity index (χ3v) is 4.82. The number of unbranched alkanes of at least 4 members (excludes halogenated alkanes) is 11. The van der Waals surface area contributed by atoms with Crippen molar-refractivity contribution in [1.29, 1.82) is 0 Å². The molecular formula is C22H40O2. The zero-order chi connectivity index (χ0) is 17.3. The highest BCUT2D eigenvalue weighted by molar-refractivity contribution is 5.69. The molecule has 140 valence electrons. The summed E-state index contributed by atoms with van der Waals surface area (Å²) in [5.74, 6) is 0.697. The first kappa shape index (κ1) is 21.3. The van der Waals surface area contributed by atoms with Gasteiger partial charge in [-0.1, -0.05) is 70.4 Å². The first-order valence-electron chi connectivity index (χ1n) is 10.6. The van der Waals surface area contributed by atoms with Gasteiger partial charge >= 0.3 is 5.97 Å². The second-order valence-electron chi connectivity index (χ2n) is 7.46. The van der Waals surface area contributed by atoms with Gasteiger partial charge in [-0.05, 0) is 50.9 Å². The van der Waals surface area contributed by atoms with Crippen molar-refractivity contribution in [2.45, 2.75) is 110 Å². The third kappa shape index (κ3) is 14.8. The quantitative estimate of drug-likeness (QED) is 0.163. The van der Waals surface area contributed by atoms with Gasteiger partial charge in [0.05, 0.1) is 6.61 Å². The van der Waals surface area contributed by atoms with E-state index in [2.05, 4.69) is 19.1 Å². The van der Waals surface area contributed by atoms with E-state index in [0.717, 1.165) is 6.42 Å². The number of ether oxygens (including phenoxy) is 1. The van der Waals surface area contributed by atoms with Crippen LogP contribution in [-0.4, -0.2) is 12.6 Å². The Morgan fingerprint density at radius 1 is 0.833 bits per heavy atom. The SMILES string of the molecule is CCCCCCCC/C=C\CCCCCCCC(=O)OCC1CC1. The molecule has 0 aromatic heterocycles. The highest BCUT2D eigenvalue weighted by Crippen LogP contribution is 2.28. The molecule has 0 radical (unpaired) electrons. The number of allylic oxidation sites excluding steroid dienone is 2. The molecular weight excluding hydrogens is 296 g/mol. The maximum atomic E-state index is 11.5. The van der Waals surface area contributed by atoms with Crippen molar-refractivity contribution >= 4 is 5.97 Å². The van der Waals surface area contributed by atoms with Gasteiger partial charge in [-0.25, -0.2) is 0 Å². The molecule has 0 unspecified atom stereocenters. The average molecular weight is 337 g/mol. The normalized spacial score (nSPS) is 14.4. The number of rotatable bonds is 17. The minimum atomic E-state index is 0.0135. The molecule has 0 aromatic carbocycles. The molecule has 1 aliphatic carbocycles. The van der Waals surface area contributed by atoms with E-state index < -0.39 is 0 Å². The summed E-state index contributed by atoms with van der Waals surface area (Å²) < 4.78 is 5.24. The summed E-state index contributed by atoms with van der Waals surface area (Å²) in [6, 6.07) is 0. The van der Waals surface area contributed by atoms with Gasteiger partial charge in [0.25, 0.3) is 0 Å². The fraction of sp³-hybridized carbons (Fsp3) is 0.864. The molecule has 0 bridgehead atoms. The Balaban J connectivity index is 1.72. The smallest absolute Gasteiger partial charge is 0.305 e. The zero-order valence-corrected chi connectivity index (χ0v) is 16.1. The molecule has 0 heterocycles. The van der Waals surface area contributed by atoms with Gasteiger partial charge in [0.1, 0.15) is 0 Å². The predicted molar refractivity (Wildman–Crippen MR) is 103 cm³/mol. The first-order valence-corrected chi connectivity index (χ1v) is 10.6. The molecule has 0 aromatic rings. The van der Waals surface area contributed by atoms with Crippen LogP contribution in [0.2, 0.25) is 0 Å². The summed E-state index contributed by atoms with van der Waals surface area (Å²) >= 11 is 0. The van der Waals surface area contributed by atoms with E-state index in [0.29, 0.717) is 18.9 Å². The summed E-state index contributed by atoms with van der Waals surface area (Å²) in [6.45, 7) is 2.94. The molecule has 1 fully saturated rings. The minimum Gasteiger partial charge on any atom is -0.465 e. The molecule has 0 spiro atoms. The lowest BCUT2D eigenvalue weighted by Gasteiger charge is -2.03. The van der Waals surface area contributed by atoms with Crippen molar-refractivity contribution < 1.29 is 9.53 Å². The highest BCUT2D eigenvalue weighted by atomic mass is 16.5. The summed E-state index contributed by atoms with van der Waals surface area (Å²) in [5.41, 5.74) is 0. The predicted octanol–water partition coefficient (Wildman–Crippen LogP) is 6.98. The lowest BCUT2D eigenvalue weighted by Crippen LogP contribution is -2.06. The maximum absolute atomic E-state index is 11.5. The van der Waals surface area contributed by atoms with Crippen LogP contribution in [0.4, 0.5) is 0 Å². The van der Waals surface area contributed by atoms with E-state index in [-0.39, 0.29) is 5.97 Å². The van der Waals surface area contributed by atoms with Crippen molar-refractivity contribution in [2.75, 3.05) is 6.61 Å². The van der Waals surface area contributed by atoms with Crippen LogP contribution in [0.15, 0.2) is 12.2 Å².